The van der Waals surface area contributed by atoms with Crippen molar-refractivity contribution < 1.29 is 19.1 Å². The summed E-state index contributed by atoms with van der Waals surface area (Å²) in [6.07, 6.45) is 0. The van der Waals surface area contributed by atoms with Gasteiger partial charge in [-0.2, -0.15) is 0 Å². The lowest BCUT2D eigenvalue weighted by Crippen LogP contribution is -2.59. The molecule has 0 spiro atoms. The normalized spacial score (nSPS) is 16.1. The lowest BCUT2D eigenvalue weighted by Gasteiger charge is -2.44. The average molecular weight is 665 g/mol. The number of hydrogen-bond acceptors (Lipinski definition) is 6. The fourth-order valence-electron chi connectivity index (χ4n) is 6.78. The first-order chi connectivity index (χ1) is 24.3. The minimum atomic E-state index is -0.220. The number of hydrogen-bond donors (Lipinski definition) is 0. The van der Waals surface area contributed by atoms with Crippen LogP contribution in [0.5, 0.6) is 11.5 Å². The smallest absolute Gasteiger partial charge is 0.254 e. The summed E-state index contributed by atoms with van der Waals surface area (Å²) in [4.78, 5) is 42.5. The summed E-state index contributed by atoms with van der Waals surface area (Å²) in [5.41, 5.74) is 5.94. The molecule has 0 radical (unpaired) electrons. The number of amides is 2. The first-order valence-electron chi connectivity index (χ1n) is 17.2. The molecule has 7 rings (SSSR count). The fraction of sp³-hybridized carbons (Fsp3) is 0.238. The molecule has 8 heteroatoms. The zero-order valence-corrected chi connectivity index (χ0v) is 28.8. The molecule has 4 aromatic carbocycles. The Morgan fingerprint density at radius 2 is 0.980 bits per heavy atom. The summed E-state index contributed by atoms with van der Waals surface area (Å²) >= 11 is 0. The maximum atomic E-state index is 14.4. The van der Waals surface area contributed by atoms with Crippen LogP contribution in [-0.2, 0) is 0 Å². The van der Waals surface area contributed by atoms with Gasteiger partial charge in [0.1, 0.15) is 11.5 Å². The van der Waals surface area contributed by atoms with Crippen LogP contribution in [0.4, 0.5) is 0 Å². The van der Waals surface area contributed by atoms with Gasteiger partial charge in [-0.15, -0.1) is 0 Å². The predicted octanol–water partition coefficient (Wildman–Crippen LogP) is 8.29. The molecule has 252 valence electrons. The van der Waals surface area contributed by atoms with Crippen molar-refractivity contribution in [1.29, 1.82) is 0 Å². The molecule has 0 N–H and O–H groups in total. The van der Waals surface area contributed by atoms with E-state index in [-0.39, 0.29) is 23.9 Å². The molecule has 2 atom stereocenters. The number of benzene rings is 4. The van der Waals surface area contributed by atoms with E-state index in [0.717, 1.165) is 55.8 Å². The van der Waals surface area contributed by atoms with Gasteiger partial charge in [0.05, 0.1) is 46.8 Å². The van der Waals surface area contributed by atoms with Crippen molar-refractivity contribution in [2.24, 2.45) is 0 Å². The van der Waals surface area contributed by atoms with Gasteiger partial charge in [-0.25, -0.2) is 9.97 Å². The van der Waals surface area contributed by atoms with E-state index in [4.69, 9.17) is 19.4 Å². The Hall–Kier alpha value is -5.76. The highest BCUT2D eigenvalue weighted by atomic mass is 16.5. The molecule has 0 aliphatic carbocycles. The van der Waals surface area contributed by atoms with Crippen molar-refractivity contribution in [1.82, 2.24) is 19.8 Å². The van der Waals surface area contributed by atoms with Crippen LogP contribution in [0.2, 0.25) is 0 Å². The molecule has 8 nitrogen and oxygen atoms in total. The summed E-state index contributed by atoms with van der Waals surface area (Å²) in [6, 6.07) is 34.4. The Labute approximate surface area is 292 Å². The lowest BCUT2D eigenvalue weighted by molar-refractivity contribution is 0.0272. The molecular formula is C42H40N4O4. The van der Waals surface area contributed by atoms with E-state index in [2.05, 4.69) is 0 Å². The van der Waals surface area contributed by atoms with E-state index in [9.17, 15) is 9.59 Å². The average Bonchev–Trinajstić information content (AvgIpc) is 3.15. The van der Waals surface area contributed by atoms with Crippen LogP contribution < -0.4 is 9.47 Å². The maximum absolute atomic E-state index is 14.4. The van der Waals surface area contributed by atoms with Crippen LogP contribution in [0.1, 0.15) is 48.4 Å². The first-order valence-corrected chi connectivity index (χ1v) is 17.2. The van der Waals surface area contributed by atoms with Gasteiger partial charge in [-0.05, 0) is 100 Å². The molecule has 1 aliphatic heterocycles. The minimum Gasteiger partial charge on any atom is -0.494 e. The summed E-state index contributed by atoms with van der Waals surface area (Å²) in [5.74, 6) is 1.43. The second kappa shape index (κ2) is 14.0. The molecule has 1 saturated heterocycles. The lowest BCUT2D eigenvalue weighted by atomic mass is 9.99. The van der Waals surface area contributed by atoms with Crippen LogP contribution in [0, 0.1) is 0 Å². The molecule has 50 heavy (non-hydrogen) atoms. The fourth-order valence-corrected chi connectivity index (χ4v) is 6.78. The third-order valence-electron chi connectivity index (χ3n) is 9.32. The molecule has 2 aromatic heterocycles. The van der Waals surface area contributed by atoms with E-state index in [1.54, 1.807) is 0 Å². The van der Waals surface area contributed by atoms with Crippen molar-refractivity contribution in [3.8, 4) is 34.0 Å². The molecule has 3 heterocycles. The Bertz CT molecular complexity index is 2030. The summed E-state index contributed by atoms with van der Waals surface area (Å²) < 4.78 is 11.3. The van der Waals surface area contributed by atoms with Gasteiger partial charge >= 0.3 is 0 Å². The summed E-state index contributed by atoms with van der Waals surface area (Å²) in [7, 11) is 0. The van der Waals surface area contributed by atoms with Gasteiger partial charge in [0.25, 0.3) is 11.8 Å². The molecule has 2 unspecified atom stereocenters. The highest BCUT2D eigenvalue weighted by molar-refractivity contribution is 6.09. The third kappa shape index (κ3) is 6.36. The van der Waals surface area contributed by atoms with Gasteiger partial charge in [0, 0.05) is 47.1 Å². The number of para-hydroxylation sites is 2. The van der Waals surface area contributed by atoms with Crippen LogP contribution in [0.3, 0.4) is 0 Å². The van der Waals surface area contributed by atoms with Gasteiger partial charge < -0.3 is 19.3 Å². The first kappa shape index (κ1) is 32.8. The highest BCUT2D eigenvalue weighted by Crippen LogP contribution is 2.31. The molecule has 6 aromatic rings. The van der Waals surface area contributed by atoms with E-state index < -0.39 is 0 Å². The highest BCUT2D eigenvalue weighted by Gasteiger charge is 2.36. The van der Waals surface area contributed by atoms with E-state index in [1.807, 2.05) is 147 Å². The van der Waals surface area contributed by atoms with Crippen molar-refractivity contribution in [3.63, 3.8) is 0 Å². The largest absolute Gasteiger partial charge is 0.494 e. The molecular weight excluding hydrogens is 624 g/mol. The molecule has 0 bridgehead atoms. The summed E-state index contributed by atoms with van der Waals surface area (Å²) in [5, 5.41) is 1.60. The molecule has 1 fully saturated rings. The number of carbonyl (C=O) groups excluding carboxylic acids is 2. The zero-order valence-electron chi connectivity index (χ0n) is 28.8. The Kier molecular flexibility index (Phi) is 9.17. The molecule has 1 aliphatic rings. The van der Waals surface area contributed by atoms with Crippen LogP contribution in [0.15, 0.2) is 109 Å². The van der Waals surface area contributed by atoms with E-state index in [0.29, 0.717) is 37.4 Å². The van der Waals surface area contributed by atoms with Crippen molar-refractivity contribution >= 4 is 33.6 Å². The monoisotopic (exact) mass is 664 g/mol. The van der Waals surface area contributed by atoms with Crippen LogP contribution in [-0.4, -0.2) is 70.0 Å². The molecule has 0 saturated carbocycles. The van der Waals surface area contributed by atoms with Crippen LogP contribution in [0.25, 0.3) is 44.3 Å². The molecule has 2 amide bonds. The standard InChI is InChI=1S/C42H40N4O4/c1-5-49-31-19-15-29(16-20-31)39-23-35(33-11-7-9-13-37(33)43-39)41(47)45-25-28(4)46(26-27(45)3)42(48)36-24-40(44-38-14-10-8-12-34(36)38)30-17-21-32(22-18-30)50-6-2/h7-24,27-28H,5-6,25-26H2,1-4H3. The van der Waals surface area contributed by atoms with E-state index >= 15 is 0 Å². The van der Waals surface area contributed by atoms with Crippen molar-refractivity contribution in [3.05, 3.63) is 120 Å². The Morgan fingerprint density at radius 3 is 1.36 bits per heavy atom. The number of rotatable bonds is 8. The van der Waals surface area contributed by atoms with Crippen molar-refractivity contribution in [2.45, 2.75) is 39.8 Å². The number of nitrogens with zero attached hydrogens (tertiary/aromatic N) is 4. The zero-order chi connectivity index (χ0) is 34.8. The van der Waals surface area contributed by atoms with Crippen LogP contribution >= 0.6 is 0 Å². The number of pyridine rings is 2. The van der Waals surface area contributed by atoms with Gasteiger partial charge in [0.2, 0.25) is 0 Å². The number of piperazine rings is 1. The summed E-state index contributed by atoms with van der Waals surface area (Å²) in [6.45, 7) is 9.90. The second-order valence-electron chi connectivity index (χ2n) is 12.7. The van der Waals surface area contributed by atoms with Gasteiger partial charge in [-0.3, -0.25) is 9.59 Å². The minimum absolute atomic E-state index is 0.0746. The topological polar surface area (TPSA) is 84.9 Å². The Morgan fingerprint density at radius 1 is 0.600 bits per heavy atom. The number of carbonyl (C=O) groups is 2. The number of ether oxygens (including phenoxy) is 2. The van der Waals surface area contributed by atoms with E-state index in [1.165, 1.54) is 0 Å². The predicted molar refractivity (Wildman–Crippen MR) is 198 cm³/mol. The third-order valence-corrected chi connectivity index (χ3v) is 9.32. The number of fused-ring (bicyclic) bond motifs is 2. The van der Waals surface area contributed by atoms with Crippen molar-refractivity contribution in [2.75, 3.05) is 26.3 Å². The number of aromatic nitrogens is 2. The Balaban J connectivity index is 1.18. The van der Waals surface area contributed by atoms with Gasteiger partial charge in [-0.1, -0.05) is 36.4 Å². The van der Waals surface area contributed by atoms with Gasteiger partial charge in [0.15, 0.2) is 0 Å². The second-order valence-corrected chi connectivity index (χ2v) is 12.7. The maximum Gasteiger partial charge on any atom is 0.254 e. The SMILES string of the molecule is CCOc1ccc(-c2cc(C(=O)N3CC(C)N(C(=O)c4cc(-c5ccc(OCC)cc5)nc5ccccc45)CC3C)c3ccccc3n2)cc1. The quantitative estimate of drug-likeness (QED) is 0.163.